The van der Waals surface area contributed by atoms with Crippen LogP contribution in [0.15, 0.2) is 76.5 Å². The Bertz CT molecular complexity index is 1430. The molecule has 2 aromatic carbocycles. The number of aromatic nitrogens is 1. The van der Waals surface area contributed by atoms with Crippen LogP contribution in [-0.2, 0) is 19.1 Å². The second kappa shape index (κ2) is 11.4. The maximum Gasteiger partial charge on any atom is 0.336 e. The second-order valence-electron chi connectivity index (χ2n) is 8.51. The molecule has 0 atom stereocenters. The lowest BCUT2D eigenvalue weighted by molar-refractivity contribution is -0.384. The molecule has 0 saturated heterocycles. The Hall–Kier alpha value is -4.31. The molecule has 0 aliphatic carbocycles. The lowest BCUT2D eigenvalue weighted by Crippen LogP contribution is -2.32. The number of dihydropyridines is 1. The van der Waals surface area contributed by atoms with Crippen LogP contribution in [0.2, 0.25) is 0 Å². The van der Waals surface area contributed by atoms with Crippen molar-refractivity contribution in [2.24, 2.45) is 0 Å². The second-order valence-corrected chi connectivity index (χ2v) is 9.37. The zero-order chi connectivity index (χ0) is 27.4. The van der Waals surface area contributed by atoms with Crippen molar-refractivity contribution in [2.45, 2.75) is 33.6 Å². The van der Waals surface area contributed by atoms with E-state index < -0.39 is 22.8 Å². The Balaban J connectivity index is 1.87. The standard InChI is InChI=1S/C28H27N3O6S/c1-5-36-27(32)23-16(3)29-17(4)24(28(33)37-6-2)25(23)20-12-7-8-13-21(20)26-30-22(15-38-26)18-10-9-11-19(14-18)31(34)35/h7-15,25,29H,5-6H2,1-4H3. The van der Waals surface area contributed by atoms with Crippen molar-refractivity contribution in [3.8, 4) is 21.8 Å². The van der Waals surface area contributed by atoms with E-state index >= 15 is 0 Å². The van der Waals surface area contributed by atoms with Crippen LogP contribution < -0.4 is 5.32 Å². The molecule has 4 rings (SSSR count). The fourth-order valence-corrected chi connectivity index (χ4v) is 5.39. The topological polar surface area (TPSA) is 121 Å². The molecule has 1 aromatic heterocycles. The number of ether oxygens (including phenoxy) is 2. The van der Waals surface area contributed by atoms with Crippen LogP contribution in [0.4, 0.5) is 5.69 Å². The van der Waals surface area contributed by atoms with Crippen LogP contribution in [0.3, 0.4) is 0 Å². The Labute approximate surface area is 224 Å². The van der Waals surface area contributed by atoms with E-state index in [9.17, 15) is 19.7 Å². The van der Waals surface area contributed by atoms with Crippen molar-refractivity contribution in [2.75, 3.05) is 13.2 Å². The SMILES string of the molecule is CCOC(=O)C1=C(C)NC(C)=C(C(=O)OCC)C1c1ccccc1-c1nc(-c2cccc([N+](=O)[O-])c2)cs1. The van der Waals surface area contributed by atoms with Crippen LogP contribution in [0, 0.1) is 10.1 Å². The highest BCUT2D eigenvalue weighted by Gasteiger charge is 2.39. The molecular weight excluding hydrogens is 506 g/mol. The number of esters is 2. The minimum absolute atomic E-state index is 0.0217. The zero-order valence-corrected chi connectivity index (χ0v) is 22.3. The average molecular weight is 534 g/mol. The summed E-state index contributed by atoms with van der Waals surface area (Å²) >= 11 is 1.37. The van der Waals surface area contributed by atoms with E-state index in [2.05, 4.69) is 5.32 Å². The first-order valence-corrected chi connectivity index (χ1v) is 13.0. The smallest absolute Gasteiger partial charge is 0.336 e. The van der Waals surface area contributed by atoms with Gasteiger partial charge in [0.1, 0.15) is 5.01 Å². The number of allylic oxidation sites excluding steroid dienone is 2. The molecule has 2 heterocycles. The van der Waals surface area contributed by atoms with Gasteiger partial charge in [0.25, 0.3) is 5.69 Å². The number of non-ortho nitro benzene ring substituents is 1. The molecule has 0 bridgehead atoms. The van der Waals surface area contributed by atoms with Gasteiger partial charge in [-0.15, -0.1) is 11.3 Å². The number of hydrogen-bond donors (Lipinski definition) is 1. The molecule has 9 nitrogen and oxygen atoms in total. The van der Waals surface area contributed by atoms with Crippen molar-refractivity contribution < 1.29 is 24.0 Å². The number of benzene rings is 2. The first-order chi connectivity index (χ1) is 18.3. The summed E-state index contributed by atoms with van der Waals surface area (Å²) in [7, 11) is 0. The highest BCUT2D eigenvalue weighted by molar-refractivity contribution is 7.13. The number of carbonyl (C=O) groups excluding carboxylic acids is 2. The van der Waals surface area contributed by atoms with Gasteiger partial charge in [0.2, 0.25) is 0 Å². The van der Waals surface area contributed by atoms with E-state index in [1.165, 1.54) is 23.5 Å². The predicted octanol–water partition coefficient (Wildman–Crippen LogP) is 5.75. The number of nitrogens with one attached hydrogen (secondary N) is 1. The van der Waals surface area contributed by atoms with Gasteiger partial charge in [0.05, 0.1) is 40.9 Å². The van der Waals surface area contributed by atoms with Crippen molar-refractivity contribution in [1.29, 1.82) is 0 Å². The maximum absolute atomic E-state index is 13.2. The fourth-order valence-electron chi connectivity index (χ4n) is 4.52. The van der Waals surface area contributed by atoms with Crippen LogP contribution >= 0.6 is 11.3 Å². The maximum atomic E-state index is 13.2. The Morgan fingerprint density at radius 3 is 2.24 bits per heavy atom. The van der Waals surface area contributed by atoms with Gasteiger partial charge in [0, 0.05) is 40.0 Å². The van der Waals surface area contributed by atoms with Gasteiger partial charge in [-0.2, -0.15) is 0 Å². The monoisotopic (exact) mass is 533 g/mol. The fraction of sp³-hybridized carbons (Fsp3) is 0.250. The Kier molecular flexibility index (Phi) is 8.02. The minimum atomic E-state index is -0.754. The van der Waals surface area contributed by atoms with Crippen molar-refractivity contribution in [3.63, 3.8) is 0 Å². The van der Waals surface area contributed by atoms with E-state index in [-0.39, 0.29) is 18.9 Å². The van der Waals surface area contributed by atoms with Gasteiger partial charge >= 0.3 is 11.9 Å². The molecular formula is C28H27N3O6S. The number of rotatable bonds is 8. The molecule has 3 aromatic rings. The first-order valence-electron chi connectivity index (χ1n) is 12.1. The number of carbonyl (C=O) groups is 2. The Morgan fingerprint density at radius 1 is 1.00 bits per heavy atom. The molecule has 1 aliphatic heterocycles. The van der Waals surface area contributed by atoms with Crippen LogP contribution in [-0.4, -0.2) is 35.1 Å². The summed E-state index contributed by atoms with van der Waals surface area (Å²) in [5, 5.41) is 16.9. The third-order valence-electron chi connectivity index (χ3n) is 6.11. The molecule has 0 unspecified atom stereocenters. The van der Waals surface area contributed by atoms with Crippen LogP contribution in [0.5, 0.6) is 0 Å². The zero-order valence-electron chi connectivity index (χ0n) is 21.4. The van der Waals surface area contributed by atoms with E-state index in [1.54, 1.807) is 39.8 Å². The molecule has 0 saturated carbocycles. The van der Waals surface area contributed by atoms with Gasteiger partial charge in [-0.1, -0.05) is 36.4 Å². The number of nitro groups is 1. The summed E-state index contributed by atoms with van der Waals surface area (Å²) < 4.78 is 10.8. The normalized spacial score (nSPS) is 13.8. The molecule has 0 fully saturated rings. The van der Waals surface area contributed by atoms with Crippen LogP contribution in [0.25, 0.3) is 21.8 Å². The van der Waals surface area contributed by atoms with E-state index in [0.717, 1.165) is 5.56 Å². The highest BCUT2D eigenvalue weighted by atomic mass is 32.1. The summed E-state index contributed by atoms with van der Waals surface area (Å²) in [5.74, 6) is -1.80. The molecule has 196 valence electrons. The minimum Gasteiger partial charge on any atom is -0.463 e. The molecule has 0 amide bonds. The number of thiazole rings is 1. The number of nitro benzene ring substituents is 1. The van der Waals surface area contributed by atoms with E-state index in [0.29, 0.717) is 44.4 Å². The summed E-state index contributed by atoms with van der Waals surface area (Å²) in [6.45, 7) is 7.37. The predicted molar refractivity (Wildman–Crippen MR) is 144 cm³/mol. The van der Waals surface area contributed by atoms with Gasteiger partial charge in [-0.25, -0.2) is 14.6 Å². The molecule has 1 N–H and O–H groups in total. The van der Waals surface area contributed by atoms with E-state index in [1.807, 2.05) is 29.6 Å². The summed E-state index contributed by atoms with van der Waals surface area (Å²) in [4.78, 5) is 41.9. The lowest BCUT2D eigenvalue weighted by atomic mass is 9.78. The van der Waals surface area contributed by atoms with Gasteiger partial charge < -0.3 is 14.8 Å². The lowest BCUT2D eigenvalue weighted by Gasteiger charge is -2.31. The summed E-state index contributed by atoms with van der Waals surface area (Å²) in [5.41, 5.74) is 4.42. The third kappa shape index (κ3) is 5.21. The van der Waals surface area contributed by atoms with Gasteiger partial charge in [-0.3, -0.25) is 10.1 Å². The average Bonchev–Trinajstić information content (AvgIpc) is 3.39. The number of hydrogen-bond acceptors (Lipinski definition) is 9. The van der Waals surface area contributed by atoms with E-state index in [4.69, 9.17) is 14.5 Å². The molecule has 0 radical (unpaired) electrons. The molecule has 38 heavy (non-hydrogen) atoms. The van der Waals surface area contributed by atoms with Gasteiger partial charge in [-0.05, 0) is 33.3 Å². The highest BCUT2D eigenvalue weighted by Crippen LogP contribution is 2.44. The molecule has 0 spiro atoms. The summed E-state index contributed by atoms with van der Waals surface area (Å²) in [6, 6.07) is 13.7. The largest absolute Gasteiger partial charge is 0.463 e. The van der Waals surface area contributed by atoms with Gasteiger partial charge in [0.15, 0.2) is 0 Å². The number of nitrogens with zero attached hydrogens (tertiary/aromatic N) is 2. The third-order valence-corrected chi connectivity index (χ3v) is 6.99. The van der Waals surface area contributed by atoms with Crippen molar-refractivity contribution in [3.05, 3.63) is 92.1 Å². The quantitative estimate of drug-likeness (QED) is 0.221. The van der Waals surface area contributed by atoms with Crippen LogP contribution in [0.1, 0.15) is 39.2 Å². The van der Waals surface area contributed by atoms with Crippen molar-refractivity contribution >= 4 is 29.0 Å². The van der Waals surface area contributed by atoms with Crippen molar-refractivity contribution in [1.82, 2.24) is 10.3 Å². The molecule has 1 aliphatic rings. The molecule has 10 heteroatoms. The Morgan fingerprint density at radius 2 is 1.63 bits per heavy atom. The summed E-state index contributed by atoms with van der Waals surface area (Å²) in [6.07, 6.45) is 0. The first kappa shape index (κ1) is 26.7.